The van der Waals surface area contributed by atoms with Crippen LogP contribution in [0.4, 0.5) is 17.1 Å². The average Bonchev–Trinajstić information content (AvgIpc) is 2.69. The second kappa shape index (κ2) is 9.13. The summed E-state index contributed by atoms with van der Waals surface area (Å²) < 4.78 is 0.945. The van der Waals surface area contributed by atoms with Gasteiger partial charge in [-0.2, -0.15) is 0 Å². The van der Waals surface area contributed by atoms with Gasteiger partial charge in [-0.25, -0.2) is 0 Å². The number of hydrogen-bond acceptors (Lipinski definition) is 6. The van der Waals surface area contributed by atoms with Crippen molar-refractivity contribution < 1.29 is 14.8 Å². The third-order valence-corrected chi connectivity index (χ3v) is 5.16. The molecule has 2 N–H and O–H groups in total. The first-order valence-corrected chi connectivity index (χ1v) is 9.66. The Bertz CT molecular complexity index is 852. The van der Waals surface area contributed by atoms with Gasteiger partial charge in [0.2, 0.25) is 5.91 Å². The number of aliphatic hydroxyl groups is 1. The summed E-state index contributed by atoms with van der Waals surface area (Å²) in [7, 11) is 0. The Labute approximate surface area is 171 Å². The molecular weight excluding hydrogens is 428 g/mol. The van der Waals surface area contributed by atoms with E-state index in [9.17, 15) is 20.0 Å². The van der Waals surface area contributed by atoms with Gasteiger partial charge in [-0.15, -0.1) is 0 Å². The van der Waals surface area contributed by atoms with Crippen LogP contribution in [-0.2, 0) is 11.4 Å². The molecule has 8 nitrogen and oxygen atoms in total. The number of carbonyl (C=O) groups excluding carboxylic acids is 1. The molecule has 1 saturated heterocycles. The molecule has 0 radical (unpaired) electrons. The molecule has 3 rings (SSSR count). The first-order chi connectivity index (χ1) is 13.5. The summed E-state index contributed by atoms with van der Waals surface area (Å²) in [4.78, 5) is 27.1. The Morgan fingerprint density at radius 1 is 1.14 bits per heavy atom. The van der Waals surface area contributed by atoms with Crippen LogP contribution in [0.15, 0.2) is 46.9 Å². The number of aliphatic hydroxyl groups excluding tert-OH is 1. The van der Waals surface area contributed by atoms with Crippen LogP contribution in [0.2, 0.25) is 0 Å². The average molecular weight is 449 g/mol. The zero-order valence-electron chi connectivity index (χ0n) is 15.2. The molecule has 0 aromatic heterocycles. The highest BCUT2D eigenvalue weighted by atomic mass is 79.9. The van der Waals surface area contributed by atoms with Crippen LogP contribution >= 0.6 is 15.9 Å². The molecular formula is C19H21BrN4O4. The van der Waals surface area contributed by atoms with E-state index < -0.39 is 4.92 Å². The van der Waals surface area contributed by atoms with Crippen molar-refractivity contribution in [2.75, 3.05) is 42.9 Å². The molecule has 0 unspecified atom stereocenters. The first kappa shape index (κ1) is 20.2. The molecule has 0 aliphatic carbocycles. The lowest BCUT2D eigenvalue weighted by Gasteiger charge is -2.35. The standard InChI is InChI=1S/C19H21BrN4O4/c20-15-2-4-16(5-3-15)21-19(26)12-22-7-9-23(10-8-22)18-11-14(13-25)1-6-17(18)24(27)28/h1-6,11,25H,7-10,12-13H2,(H,21,26). The molecule has 0 bridgehead atoms. The van der Waals surface area contributed by atoms with Gasteiger partial charge in [0.25, 0.3) is 5.69 Å². The lowest BCUT2D eigenvalue weighted by molar-refractivity contribution is -0.384. The number of hydrogen-bond donors (Lipinski definition) is 2. The van der Waals surface area contributed by atoms with Crippen molar-refractivity contribution >= 4 is 38.9 Å². The molecule has 0 spiro atoms. The lowest BCUT2D eigenvalue weighted by atomic mass is 10.1. The summed E-state index contributed by atoms with van der Waals surface area (Å²) in [5, 5.41) is 23.5. The number of nitrogens with zero attached hydrogens (tertiary/aromatic N) is 3. The number of carbonyl (C=O) groups is 1. The predicted octanol–water partition coefficient (Wildman–Crippen LogP) is 2.61. The summed E-state index contributed by atoms with van der Waals surface area (Å²) >= 11 is 3.36. The number of anilines is 2. The molecule has 148 valence electrons. The molecule has 1 aliphatic rings. The second-order valence-corrected chi connectivity index (χ2v) is 7.47. The number of rotatable bonds is 6. The fourth-order valence-electron chi connectivity index (χ4n) is 3.16. The minimum absolute atomic E-state index is 0.0265. The Morgan fingerprint density at radius 2 is 1.82 bits per heavy atom. The highest BCUT2D eigenvalue weighted by Crippen LogP contribution is 2.30. The molecule has 1 amide bonds. The van der Waals surface area contributed by atoms with Gasteiger partial charge in [-0.05, 0) is 42.0 Å². The van der Waals surface area contributed by atoms with E-state index in [1.807, 2.05) is 34.1 Å². The number of piperazine rings is 1. The predicted molar refractivity (Wildman–Crippen MR) is 110 cm³/mol. The first-order valence-electron chi connectivity index (χ1n) is 8.87. The van der Waals surface area contributed by atoms with E-state index in [1.165, 1.54) is 6.07 Å². The van der Waals surface area contributed by atoms with Gasteiger partial charge >= 0.3 is 0 Å². The molecule has 1 heterocycles. The quantitative estimate of drug-likeness (QED) is 0.520. The molecule has 0 atom stereocenters. The van der Waals surface area contributed by atoms with Crippen molar-refractivity contribution in [2.24, 2.45) is 0 Å². The molecule has 9 heteroatoms. The lowest BCUT2D eigenvalue weighted by Crippen LogP contribution is -2.48. The number of nitrogens with one attached hydrogen (secondary N) is 1. The largest absolute Gasteiger partial charge is 0.392 e. The van der Waals surface area contributed by atoms with Gasteiger partial charge in [-0.3, -0.25) is 19.8 Å². The van der Waals surface area contributed by atoms with Crippen molar-refractivity contribution in [2.45, 2.75) is 6.61 Å². The van der Waals surface area contributed by atoms with E-state index in [2.05, 4.69) is 21.2 Å². The normalized spacial score (nSPS) is 14.7. The zero-order valence-corrected chi connectivity index (χ0v) is 16.8. The van der Waals surface area contributed by atoms with E-state index in [-0.39, 0.29) is 24.7 Å². The molecule has 2 aromatic carbocycles. The maximum Gasteiger partial charge on any atom is 0.292 e. The highest BCUT2D eigenvalue weighted by molar-refractivity contribution is 9.10. The number of nitro benzene ring substituents is 1. The van der Waals surface area contributed by atoms with Crippen molar-refractivity contribution in [1.29, 1.82) is 0 Å². The van der Waals surface area contributed by atoms with E-state index in [0.717, 1.165) is 10.2 Å². The topological polar surface area (TPSA) is 99.0 Å². The van der Waals surface area contributed by atoms with Gasteiger partial charge in [0, 0.05) is 42.4 Å². The molecule has 1 aliphatic heterocycles. The van der Waals surface area contributed by atoms with Gasteiger partial charge in [0.15, 0.2) is 0 Å². The summed E-state index contributed by atoms with van der Waals surface area (Å²) in [5.74, 6) is -0.0935. The smallest absolute Gasteiger partial charge is 0.292 e. The van der Waals surface area contributed by atoms with E-state index in [1.54, 1.807) is 12.1 Å². The van der Waals surface area contributed by atoms with Gasteiger partial charge in [0.05, 0.1) is 18.1 Å². The Morgan fingerprint density at radius 3 is 2.43 bits per heavy atom. The molecule has 1 fully saturated rings. The number of amides is 1. The van der Waals surface area contributed by atoms with E-state index in [0.29, 0.717) is 37.4 Å². The zero-order chi connectivity index (χ0) is 20.1. The SMILES string of the molecule is O=C(CN1CCN(c2cc(CO)ccc2[N+](=O)[O-])CC1)Nc1ccc(Br)cc1. The second-order valence-electron chi connectivity index (χ2n) is 6.56. The Kier molecular flexibility index (Phi) is 6.61. The maximum atomic E-state index is 12.2. The van der Waals surface area contributed by atoms with Crippen molar-refractivity contribution in [3.8, 4) is 0 Å². The third kappa shape index (κ3) is 5.06. The van der Waals surface area contributed by atoms with E-state index in [4.69, 9.17) is 0 Å². The number of nitro groups is 1. The van der Waals surface area contributed by atoms with Crippen molar-refractivity contribution in [3.63, 3.8) is 0 Å². The maximum absolute atomic E-state index is 12.2. The summed E-state index contributed by atoms with van der Waals surface area (Å²) in [6.45, 7) is 2.48. The Hall–Kier alpha value is -2.49. The van der Waals surface area contributed by atoms with Crippen LogP contribution in [0, 0.1) is 10.1 Å². The van der Waals surface area contributed by atoms with Crippen LogP contribution in [0.5, 0.6) is 0 Å². The van der Waals surface area contributed by atoms with Crippen LogP contribution < -0.4 is 10.2 Å². The fraction of sp³-hybridized carbons (Fsp3) is 0.316. The van der Waals surface area contributed by atoms with Crippen LogP contribution in [-0.4, -0.2) is 53.6 Å². The monoisotopic (exact) mass is 448 g/mol. The molecule has 28 heavy (non-hydrogen) atoms. The number of halogens is 1. The van der Waals surface area contributed by atoms with Crippen LogP contribution in [0.25, 0.3) is 0 Å². The van der Waals surface area contributed by atoms with Gasteiger partial charge in [-0.1, -0.05) is 15.9 Å². The van der Waals surface area contributed by atoms with Gasteiger partial charge in [0.1, 0.15) is 5.69 Å². The minimum Gasteiger partial charge on any atom is -0.392 e. The van der Waals surface area contributed by atoms with Crippen molar-refractivity contribution in [3.05, 3.63) is 62.6 Å². The number of benzene rings is 2. The van der Waals surface area contributed by atoms with Gasteiger partial charge < -0.3 is 15.3 Å². The summed E-state index contributed by atoms with van der Waals surface area (Å²) in [5.41, 5.74) is 1.91. The summed E-state index contributed by atoms with van der Waals surface area (Å²) in [6.07, 6.45) is 0. The minimum atomic E-state index is -0.408. The Balaban J connectivity index is 1.58. The van der Waals surface area contributed by atoms with Crippen LogP contribution in [0.3, 0.4) is 0 Å². The fourth-order valence-corrected chi connectivity index (χ4v) is 3.42. The van der Waals surface area contributed by atoms with Crippen molar-refractivity contribution in [1.82, 2.24) is 4.90 Å². The van der Waals surface area contributed by atoms with Crippen LogP contribution in [0.1, 0.15) is 5.56 Å². The molecule has 0 saturated carbocycles. The van der Waals surface area contributed by atoms with E-state index >= 15 is 0 Å². The summed E-state index contributed by atoms with van der Waals surface area (Å²) in [6, 6.07) is 12.0. The third-order valence-electron chi connectivity index (χ3n) is 4.63. The highest BCUT2D eigenvalue weighted by Gasteiger charge is 2.25. The molecule has 2 aromatic rings.